The van der Waals surface area contributed by atoms with Gasteiger partial charge < -0.3 is 20.4 Å². The van der Waals surface area contributed by atoms with Crippen LogP contribution in [0.1, 0.15) is 18.4 Å². The average molecular weight is 316 g/mol. The molecule has 0 radical (unpaired) electrons. The summed E-state index contributed by atoms with van der Waals surface area (Å²) in [6.45, 7) is 5.30. The molecule has 6 nitrogen and oxygen atoms in total. The van der Waals surface area contributed by atoms with Crippen molar-refractivity contribution in [2.45, 2.75) is 25.8 Å². The lowest BCUT2D eigenvalue weighted by atomic mass is 10.2. The van der Waals surface area contributed by atoms with E-state index in [9.17, 15) is 9.59 Å². The highest BCUT2D eigenvalue weighted by molar-refractivity contribution is 5.89. The predicted molar refractivity (Wildman–Crippen MR) is 89.4 cm³/mol. The molecule has 0 aromatic heterocycles. The first kappa shape index (κ1) is 15.8. The summed E-state index contributed by atoms with van der Waals surface area (Å²) in [6.07, 6.45) is 1.99. The van der Waals surface area contributed by atoms with Crippen LogP contribution in [-0.2, 0) is 4.79 Å². The van der Waals surface area contributed by atoms with Crippen LogP contribution in [0.4, 0.5) is 10.5 Å². The molecule has 0 bridgehead atoms. The van der Waals surface area contributed by atoms with Crippen LogP contribution < -0.4 is 10.6 Å². The maximum absolute atomic E-state index is 12.3. The highest BCUT2D eigenvalue weighted by Gasteiger charge is 2.30. The average Bonchev–Trinajstić information content (AvgIpc) is 3.09. The Kier molecular flexibility index (Phi) is 4.81. The Balaban J connectivity index is 1.50. The fourth-order valence-electron chi connectivity index (χ4n) is 3.17. The number of amides is 3. The van der Waals surface area contributed by atoms with Gasteiger partial charge >= 0.3 is 6.03 Å². The standard InChI is InChI=1S/C17H24N4O2/c1-13-4-2-5-14(12-13)19-17(23)21-10-8-20(9-11-21)16(22)15-6-3-7-18-15/h2,4-5,12,15,18H,3,6-11H2,1H3,(H,19,23). The second kappa shape index (κ2) is 7.00. The van der Waals surface area contributed by atoms with Gasteiger partial charge in [-0.05, 0) is 44.0 Å². The van der Waals surface area contributed by atoms with Gasteiger partial charge in [-0.3, -0.25) is 4.79 Å². The molecule has 0 saturated carbocycles. The first-order valence-corrected chi connectivity index (χ1v) is 8.28. The molecule has 2 aliphatic rings. The predicted octanol–water partition coefficient (Wildman–Crippen LogP) is 1.42. The summed E-state index contributed by atoms with van der Waals surface area (Å²) in [5.41, 5.74) is 1.92. The summed E-state index contributed by atoms with van der Waals surface area (Å²) < 4.78 is 0. The van der Waals surface area contributed by atoms with Crippen molar-refractivity contribution in [3.05, 3.63) is 29.8 Å². The molecular weight excluding hydrogens is 292 g/mol. The Morgan fingerprint density at radius 2 is 1.91 bits per heavy atom. The third-order valence-electron chi connectivity index (χ3n) is 4.51. The molecule has 3 rings (SSSR count). The molecule has 0 aliphatic carbocycles. The van der Waals surface area contributed by atoms with E-state index in [0.717, 1.165) is 30.6 Å². The van der Waals surface area contributed by atoms with Gasteiger partial charge in [0.25, 0.3) is 0 Å². The zero-order valence-corrected chi connectivity index (χ0v) is 13.5. The zero-order chi connectivity index (χ0) is 16.2. The minimum Gasteiger partial charge on any atom is -0.338 e. The van der Waals surface area contributed by atoms with E-state index in [4.69, 9.17) is 0 Å². The summed E-state index contributed by atoms with van der Waals surface area (Å²) >= 11 is 0. The summed E-state index contributed by atoms with van der Waals surface area (Å²) in [5, 5.41) is 6.16. The molecule has 6 heteroatoms. The molecule has 0 spiro atoms. The van der Waals surface area contributed by atoms with Gasteiger partial charge in [0.15, 0.2) is 0 Å². The van der Waals surface area contributed by atoms with Crippen molar-refractivity contribution in [3.8, 4) is 0 Å². The highest BCUT2D eigenvalue weighted by atomic mass is 16.2. The third kappa shape index (κ3) is 3.82. The first-order valence-electron chi connectivity index (χ1n) is 8.28. The summed E-state index contributed by atoms with van der Waals surface area (Å²) in [6, 6.07) is 7.64. The molecule has 2 N–H and O–H groups in total. The maximum Gasteiger partial charge on any atom is 0.321 e. The van der Waals surface area contributed by atoms with Gasteiger partial charge in [0.2, 0.25) is 5.91 Å². The number of nitrogens with zero attached hydrogens (tertiary/aromatic N) is 2. The molecular formula is C17H24N4O2. The molecule has 3 amide bonds. The number of rotatable bonds is 2. The van der Waals surface area contributed by atoms with Crippen molar-refractivity contribution in [2.75, 3.05) is 38.0 Å². The van der Waals surface area contributed by atoms with E-state index >= 15 is 0 Å². The molecule has 2 heterocycles. The largest absolute Gasteiger partial charge is 0.338 e. The number of hydrogen-bond acceptors (Lipinski definition) is 3. The van der Waals surface area contributed by atoms with E-state index in [-0.39, 0.29) is 18.0 Å². The van der Waals surface area contributed by atoms with E-state index in [0.29, 0.717) is 26.2 Å². The Bertz CT molecular complexity index is 576. The van der Waals surface area contributed by atoms with E-state index in [1.54, 1.807) is 4.90 Å². The molecule has 2 saturated heterocycles. The van der Waals surface area contributed by atoms with Crippen LogP contribution in [0.2, 0.25) is 0 Å². The normalized spacial score (nSPS) is 21.3. The van der Waals surface area contributed by atoms with Crippen LogP contribution in [0.3, 0.4) is 0 Å². The van der Waals surface area contributed by atoms with Gasteiger partial charge in [-0.2, -0.15) is 0 Å². The number of carbonyl (C=O) groups is 2. The van der Waals surface area contributed by atoms with Gasteiger partial charge in [0, 0.05) is 31.9 Å². The van der Waals surface area contributed by atoms with Crippen LogP contribution in [0.15, 0.2) is 24.3 Å². The third-order valence-corrected chi connectivity index (χ3v) is 4.51. The van der Waals surface area contributed by atoms with Gasteiger partial charge in [0.05, 0.1) is 6.04 Å². The number of hydrogen-bond donors (Lipinski definition) is 2. The van der Waals surface area contributed by atoms with Gasteiger partial charge in [-0.25, -0.2) is 4.79 Å². The van der Waals surface area contributed by atoms with Gasteiger partial charge in [-0.1, -0.05) is 12.1 Å². The number of anilines is 1. The van der Waals surface area contributed by atoms with E-state index in [2.05, 4.69) is 10.6 Å². The van der Waals surface area contributed by atoms with Crippen molar-refractivity contribution < 1.29 is 9.59 Å². The SMILES string of the molecule is Cc1cccc(NC(=O)N2CCN(C(=O)C3CCCN3)CC2)c1. The van der Waals surface area contributed by atoms with E-state index in [1.165, 1.54) is 0 Å². The number of nitrogens with one attached hydrogen (secondary N) is 2. The molecule has 1 unspecified atom stereocenters. The smallest absolute Gasteiger partial charge is 0.321 e. The maximum atomic E-state index is 12.3. The van der Waals surface area contributed by atoms with Crippen molar-refractivity contribution in [3.63, 3.8) is 0 Å². The molecule has 1 aromatic carbocycles. The molecule has 23 heavy (non-hydrogen) atoms. The zero-order valence-electron chi connectivity index (χ0n) is 13.5. The van der Waals surface area contributed by atoms with E-state index < -0.39 is 0 Å². The number of urea groups is 1. The Morgan fingerprint density at radius 3 is 2.57 bits per heavy atom. The second-order valence-corrected chi connectivity index (χ2v) is 6.26. The van der Waals surface area contributed by atoms with Crippen molar-refractivity contribution in [1.82, 2.24) is 15.1 Å². The minimum atomic E-state index is -0.0957. The van der Waals surface area contributed by atoms with Crippen LogP contribution in [0.25, 0.3) is 0 Å². The van der Waals surface area contributed by atoms with Crippen molar-refractivity contribution >= 4 is 17.6 Å². The Labute approximate surface area is 136 Å². The van der Waals surface area contributed by atoms with Crippen molar-refractivity contribution in [2.24, 2.45) is 0 Å². The highest BCUT2D eigenvalue weighted by Crippen LogP contribution is 2.13. The lowest BCUT2D eigenvalue weighted by Gasteiger charge is -2.35. The van der Waals surface area contributed by atoms with Crippen molar-refractivity contribution in [1.29, 1.82) is 0 Å². The Hall–Kier alpha value is -2.08. The van der Waals surface area contributed by atoms with Gasteiger partial charge in [-0.15, -0.1) is 0 Å². The topological polar surface area (TPSA) is 64.7 Å². The van der Waals surface area contributed by atoms with E-state index in [1.807, 2.05) is 36.1 Å². The number of aryl methyl sites for hydroxylation is 1. The van der Waals surface area contributed by atoms with Crippen LogP contribution in [0.5, 0.6) is 0 Å². The molecule has 124 valence electrons. The minimum absolute atomic E-state index is 0.0253. The van der Waals surface area contributed by atoms with Crippen LogP contribution >= 0.6 is 0 Å². The van der Waals surface area contributed by atoms with Gasteiger partial charge in [0.1, 0.15) is 0 Å². The lowest BCUT2D eigenvalue weighted by molar-refractivity contribution is -0.134. The quantitative estimate of drug-likeness (QED) is 0.867. The fourth-order valence-corrected chi connectivity index (χ4v) is 3.17. The van der Waals surface area contributed by atoms with Crippen LogP contribution in [-0.4, -0.2) is 60.5 Å². The number of piperazine rings is 1. The summed E-state index contributed by atoms with van der Waals surface area (Å²) in [7, 11) is 0. The van der Waals surface area contributed by atoms with Crippen LogP contribution in [0, 0.1) is 6.92 Å². The molecule has 1 atom stereocenters. The fraction of sp³-hybridized carbons (Fsp3) is 0.529. The molecule has 2 fully saturated rings. The first-order chi connectivity index (χ1) is 11.1. The summed E-state index contributed by atoms with van der Waals surface area (Å²) in [4.78, 5) is 28.3. The molecule has 2 aliphatic heterocycles. The number of benzene rings is 1. The second-order valence-electron chi connectivity index (χ2n) is 6.26. The lowest BCUT2D eigenvalue weighted by Crippen LogP contribution is -2.54. The molecule has 1 aromatic rings. The Morgan fingerprint density at radius 1 is 1.17 bits per heavy atom. The monoisotopic (exact) mass is 316 g/mol. The number of carbonyl (C=O) groups excluding carboxylic acids is 2. The summed E-state index contributed by atoms with van der Waals surface area (Å²) in [5.74, 6) is 0.182.